The van der Waals surface area contributed by atoms with Crippen molar-refractivity contribution in [3.63, 3.8) is 0 Å². The topological polar surface area (TPSA) is 52.9 Å². The van der Waals surface area contributed by atoms with Crippen LogP contribution in [-0.2, 0) is 10.2 Å². The standard InChI is InChI=1S/C25H22N2O/c1-17-3-9-20(10-4-17)25(21-11-5-18(2)6-12-21)15-23(25)24(28)27-22-13-7-19(16-26)8-14-22/h3-14,23H,15H2,1-2H3,(H,27,28). The number of nitrogens with one attached hydrogen (secondary N) is 1. The van der Waals surface area contributed by atoms with Gasteiger partial charge in [-0.3, -0.25) is 4.79 Å². The number of hydrogen-bond donors (Lipinski definition) is 1. The number of rotatable bonds is 4. The smallest absolute Gasteiger partial charge is 0.228 e. The molecule has 3 heteroatoms. The summed E-state index contributed by atoms with van der Waals surface area (Å²) in [5, 5.41) is 12.0. The maximum atomic E-state index is 13.0. The predicted molar refractivity (Wildman–Crippen MR) is 111 cm³/mol. The van der Waals surface area contributed by atoms with Gasteiger partial charge in [-0.1, -0.05) is 59.7 Å². The summed E-state index contributed by atoms with van der Waals surface area (Å²) in [4.78, 5) is 13.0. The van der Waals surface area contributed by atoms with Gasteiger partial charge < -0.3 is 5.32 Å². The number of nitriles is 1. The van der Waals surface area contributed by atoms with Crippen molar-refractivity contribution in [2.45, 2.75) is 25.7 Å². The molecule has 0 saturated heterocycles. The van der Waals surface area contributed by atoms with E-state index in [-0.39, 0.29) is 17.2 Å². The van der Waals surface area contributed by atoms with Crippen LogP contribution in [0.25, 0.3) is 0 Å². The Hall–Kier alpha value is -3.38. The highest BCUT2D eigenvalue weighted by atomic mass is 16.2. The molecule has 1 unspecified atom stereocenters. The molecule has 0 heterocycles. The van der Waals surface area contributed by atoms with Crippen molar-refractivity contribution in [2.75, 3.05) is 5.32 Å². The van der Waals surface area contributed by atoms with E-state index in [1.165, 1.54) is 22.3 Å². The van der Waals surface area contributed by atoms with Crippen LogP contribution in [0.15, 0.2) is 72.8 Å². The molecule has 0 radical (unpaired) electrons. The molecule has 0 bridgehead atoms. The van der Waals surface area contributed by atoms with E-state index in [4.69, 9.17) is 5.26 Å². The average molecular weight is 366 g/mol. The number of anilines is 1. The second-order valence-electron chi connectivity index (χ2n) is 7.64. The molecule has 1 atom stereocenters. The number of amides is 1. The summed E-state index contributed by atoms with van der Waals surface area (Å²) in [5.41, 5.74) is 5.81. The molecule has 3 aromatic rings. The third kappa shape index (κ3) is 3.18. The third-order valence-corrected chi connectivity index (χ3v) is 5.69. The zero-order chi connectivity index (χ0) is 19.7. The largest absolute Gasteiger partial charge is 0.326 e. The van der Waals surface area contributed by atoms with Crippen molar-refractivity contribution in [1.29, 1.82) is 5.26 Å². The van der Waals surface area contributed by atoms with Gasteiger partial charge in [0.2, 0.25) is 5.91 Å². The highest BCUT2D eigenvalue weighted by Crippen LogP contribution is 2.59. The minimum absolute atomic E-state index is 0.0193. The minimum atomic E-state index is -0.280. The minimum Gasteiger partial charge on any atom is -0.326 e. The lowest BCUT2D eigenvalue weighted by Gasteiger charge is -2.19. The zero-order valence-electron chi connectivity index (χ0n) is 16.1. The number of hydrogen-bond acceptors (Lipinski definition) is 2. The Balaban J connectivity index is 1.64. The van der Waals surface area contributed by atoms with E-state index in [1.807, 2.05) is 0 Å². The Kier molecular flexibility index (Phi) is 4.49. The van der Waals surface area contributed by atoms with Crippen LogP contribution < -0.4 is 5.32 Å². The zero-order valence-corrected chi connectivity index (χ0v) is 16.1. The van der Waals surface area contributed by atoms with Crippen LogP contribution in [0, 0.1) is 31.1 Å². The molecular formula is C25H22N2O. The summed E-state index contributed by atoms with van der Waals surface area (Å²) in [7, 11) is 0. The molecule has 4 rings (SSSR count). The molecule has 3 aromatic carbocycles. The second-order valence-corrected chi connectivity index (χ2v) is 7.64. The number of aryl methyl sites for hydroxylation is 2. The first kappa shape index (κ1) is 18.0. The Bertz CT molecular complexity index is 996. The molecule has 1 aliphatic carbocycles. The van der Waals surface area contributed by atoms with Crippen LogP contribution in [0.4, 0.5) is 5.69 Å². The highest BCUT2D eigenvalue weighted by molar-refractivity contribution is 5.97. The maximum Gasteiger partial charge on any atom is 0.228 e. The Morgan fingerprint density at radius 2 is 1.39 bits per heavy atom. The Morgan fingerprint density at radius 1 is 0.893 bits per heavy atom. The number of carbonyl (C=O) groups excluding carboxylic acids is 1. The number of benzene rings is 3. The predicted octanol–water partition coefficient (Wildman–Crippen LogP) is 5.12. The first-order valence-electron chi connectivity index (χ1n) is 9.48. The van der Waals surface area contributed by atoms with Crippen molar-refractivity contribution in [2.24, 2.45) is 5.92 Å². The van der Waals surface area contributed by atoms with Crippen LogP contribution in [0.1, 0.15) is 34.2 Å². The first-order chi connectivity index (χ1) is 13.5. The lowest BCUT2D eigenvalue weighted by atomic mass is 9.85. The van der Waals surface area contributed by atoms with Gasteiger partial charge in [0.15, 0.2) is 0 Å². The summed E-state index contributed by atoms with van der Waals surface area (Å²) >= 11 is 0. The molecule has 1 amide bonds. The Morgan fingerprint density at radius 3 is 1.86 bits per heavy atom. The monoisotopic (exact) mass is 366 g/mol. The SMILES string of the molecule is Cc1ccc(C2(c3ccc(C)cc3)CC2C(=O)Nc2ccc(C#N)cc2)cc1. The van der Waals surface area contributed by atoms with E-state index in [2.05, 4.69) is 73.8 Å². The van der Waals surface area contributed by atoms with Crippen molar-refractivity contribution in [1.82, 2.24) is 0 Å². The van der Waals surface area contributed by atoms with Crippen molar-refractivity contribution in [3.05, 3.63) is 101 Å². The lowest BCUT2D eigenvalue weighted by molar-refractivity contribution is -0.117. The quantitative estimate of drug-likeness (QED) is 0.697. The second kappa shape index (κ2) is 6.98. The summed E-state index contributed by atoms with van der Waals surface area (Å²) in [6.07, 6.45) is 0.793. The van der Waals surface area contributed by atoms with Gasteiger partial charge in [-0.25, -0.2) is 0 Å². The van der Waals surface area contributed by atoms with E-state index in [0.717, 1.165) is 12.1 Å². The fourth-order valence-electron chi connectivity index (χ4n) is 3.94. The normalized spacial score (nSPS) is 16.8. The highest BCUT2D eigenvalue weighted by Gasteiger charge is 2.60. The molecule has 1 aliphatic rings. The molecule has 28 heavy (non-hydrogen) atoms. The lowest BCUT2D eigenvalue weighted by Crippen LogP contribution is -2.22. The molecule has 0 spiro atoms. The van der Waals surface area contributed by atoms with Gasteiger partial charge in [0.05, 0.1) is 17.6 Å². The van der Waals surface area contributed by atoms with Gasteiger partial charge in [0.25, 0.3) is 0 Å². The van der Waals surface area contributed by atoms with Gasteiger partial charge in [-0.05, 0) is 55.7 Å². The fraction of sp³-hybridized carbons (Fsp3) is 0.200. The van der Waals surface area contributed by atoms with Crippen LogP contribution in [0.3, 0.4) is 0 Å². The van der Waals surface area contributed by atoms with Gasteiger partial charge in [0.1, 0.15) is 0 Å². The van der Waals surface area contributed by atoms with E-state index >= 15 is 0 Å². The Labute approximate surface area is 165 Å². The van der Waals surface area contributed by atoms with E-state index in [9.17, 15) is 4.79 Å². The molecule has 1 N–H and O–H groups in total. The number of nitrogens with zero attached hydrogens (tertiary/aromatic N) is 1. The summed E-state index contributed by atoms with van der Waals surface area (Å²) in [6, 6.07) is 26.1. The summed E-state index contributed by atoms with van der Waals surface area (Å²) in [6.45, 7) is 4.15. The van der Waals surface area contributed by atoms with Gasteiger partial charge in [-0.15, -0.1) is 0 Å². The van der Waals surface area contributed by atoms with Crippen molar-refractivity contribution in [3.8, 4) is 6.07 Å². The van der Waals surface area contributed by atoms with Crippen LogP contribution in [-0.4, -0.2) is 5.91 Å². The molecular weight excluding hydrogens is 344 g/mol. The van der Waals surface area contributed by atoms with Gasteiger partial charge in [0, 0.05) is 11.1 Å². The summed E-state index contributed by atoms with van der Waals surface area (Å²) in [5.74, 6) is -0.0978. The van der Waals surface area contributed by atoms with Crippen molar-refractivity contribution >= 4 is 11.6 Å². The number of carbonyl (C=O) groups is 1. The molecule has 0 aromatic heterocycles. The van der Waals surface area contributed by atoms with E-state index < -0.39 is 0 Å². The maximum absolute atomic E-state index is 13.0. The molecule has 138 valence electrons. The fourth-order valence-corrected chi connectivity index (χ4v) is 3.94. The van der Waals surface area contributed by atoms with E-state index in [0.29, 0.717) is 5.56 Å². The third-order valence-electron chi connectivity index (χ3n) is 5.69. The molecule has 1 saturated carbocycles. The molecule has 3 nitrogen and oxygen atoms in total. The van der Waals surface area contributed by atoms with E-state index in [1.54, 1.807) is 24.3 Å². The van der Waals surface area contributed by atoms with Gasteiger partial charge in [-0.2, -0.15) is 5.26 Å². The molecule has 0 aliphatic heterocycles. The van der Waals surface area contributed by atoms with Crippen molar-refractivity contribution < 1.29 is 4.79 Å². The van der Waals surface area contributed by atoms with Crippen LogP contribution >= 0.6 is 0 Å². The summed E-state index contributed by atoms with van der Waals surface area (Å²) < 4.78 is 0. The average Bonchev–Trinajstić information content (AvgIpc) is 3.47. The van der Waals surface area contributed by atoms with Crippen LogP contribution in [0.2, 0.25) is 0 Å². The first-order valence-corrected chi connectivity index (χ1v) is 9.48. The van der Waals surface area contributed by atoms with Crippen LogP contribution in [0.5, 0.6) is 0 Å². The van der Waals surface area contributed by atoms with Gasteiger partial charge >= 0.3 is 0 Å². The molecule has 1 fully saturated rings.